The summed E-state index contributed by atoms with van der Waals surface area (Å²) in [5.41, 5.74) is 0. The summed E-state index contributed by atoms with van der Waals surface area (Å²) in [6, 6.07) is 0. The number of hydrogen-bond acceptors (Lipinski definition) is 3. The van der Waals surface area contributed by atoms with Gasteiger partial charge in [-0.3, -0.25) is 14.5 Å². The van der Waals surface area contributed by atoms with Gasteiger partial charge in [-0.2, -0.15) is 0 Å². The van der Waals surface area contributed by atoms with Crippen molar-refractivity contribution in [2.45, 2.75) is 26.7 Å². The lowest BCUT2D eigenvalue weighted by Gasteiger charge is -2.35. The van der Waals surface area contributed by atoms with Gasteiger partial charge in [0.1, 0.15) is 0 Å². The Labute approximate surface area is 102 Å². The Morgan fingerprint density at radius 2 is 1.82 bits per heavy atom. The first kappa shape index (κ1) is 14.0. The van der Waals surface area contributed by atoms with Crippen molar-refractivity contribution in [1.29, 1.82) is 0 Å². The van der Waals surface area contributed by atoms with Crippen LogP contribution < -0.4 is 0 Å². The second-order valence-corrected chi connectivity index (χ2v) is 4.68. The Morgan fingerprint density at radius 3 is 2.29 bits per heavy atom. The number of carboxylic acid groups (broad SMARTS) is 1. The number of hydrogen-bond donors (Lipinski definition) is 1. The molecule has 0 bridgehead atoms. The topological polar surface area (TPSA) is 60.9 Å². The van der Waals surface area contributed by atoms with Crippen molar-refractivity contribution in [2.75, 3.05) is 32.7 Å². The molecule has 1 aliphatic heterocycles. The minimum absolute atomic E-state index is 0.0759. The minimum atomic E-state index is -0.802. The molecule has 1 atom stereocenters. The van der Waals surface area contributed by atoms with Gasteiger partial charge in [0.15, 0.2) is 0 Å². The Kier molecular flexibility index (Phi) is 5.41. The van der Waals surface area contributed by atoms with E-state index in [1.165, 1.54) is 0 Å². The molecular formula is C12H22N2O3. The van der Waals surface area contributed by atoms with Crippen molar-refractivity contribution < 1.29 is 14.7 Å². The zero-order valence-corrected chi connectivity index (χ0v) is 10.7. The first-order chi connectivity index (χ1) is 8.04. The zero-order chi connectivity index (χ0) is 12.8. The van der Waals surface area contributed by atoms with Gasteiger partial charge in [0.25, 0.3) is 0 Å². The van der Waals surface area contributed by atoms with Gasteiger partial charge in [0, 0.05) is 32.1 Å². The number of carboxylic acids is 1. The molecule has 98 valence electrons. The van der Waals surface area contributed by atoms with E-state index in [9.17, 15) is 9.59 Å². The molecule has 1 aliphatic rings. The van der Waals surface area contributed by atoms with Crippen molar-refractivity contribution in [1.82, 2.24) is 9.80 Å². The summed E-state index contributed by atoms with van der Waals surface area (Å²) in [6.45, 7) is 6.75. The van der Waals surface area contributed by atoms with Gasteiger partial charge in [0.2, 0.25) is 5.91 Å². The van der Waals surface area contributed by atoms with Crippen LogP contribution in [0.2, 0.25) is 0 Å². The highest BCUT2D eigenvalue weighted by Crippen LogP contribution is 2.11. The van der Waals surface area contributed by atoms with E-state index in [2.05, 4.69) is 6.92 Å². The lowest BCUT2D eigenvalue weighted by Crippen LogP contribution is -2.51. The second-order valence-electron chi connectivity index (χ2n) is 4.68. The Hall–Kier alpha value is -1.10. The highest BCUT2D eigenvalue weighted by molar-refractivity contribution is 5.78. The molecule has 1 saturated heterocycles. The average molecular weight is 242 g/mol. The molecule has 1 unspecified atom stereocenters. The van der Waals surface area contributed by atoms with Crippen LogP contribution in [0, 0.1) is 5.92 Å². The van der Waals surface area contributed by atoms with E-state index in [0.29, 0.717) is 26.2 Å². The lowest BCUT2D eigenvalue weighted by atomic mass is 10.0. The molecule has 0 aromatic carbocycles. The fourth-order valence-electron chi connectivity index (χ4n) is 2.19. The monoisotopic (exact) mass is 242 g/mol. The Morgan fingerprint density at radius 1 is 1.24 bits per heavy atom. The molecule has 1 heterocycles. The van der Waals surface area contributed by atoms with Crippen LogP contribution in [-0.4, -0.2) is 59.5 Å². The van der Waals surface area contributed by atoms with E-state index in [0.717, 1.165) is 12.8 Å². The third kappa shape index (κ3) is 4.34. The van der Waals surface area contributed by atoms with Gasteiger partial charge >= 0.3 is 5.97 Å². The van der Waals surface area contributed by atoms with Gasteiger partial charge in [-0.05, 0) is 6.42 Å². The average Bonchev–Trinajstić information content (AvgIpc) is 2.28. The maximum absolute atomic E-state index is 12.0. The highest BCUT2D eigenvalue weighted by Gasteiger charge is 2.24. The molecule has 17 heavy (non-hydrogen) atoms. The van der Waals surface area contributed by atoms with Crippen LogP contribution in [0.15, 0.2) is 0 Å². The molecule has 0 saturated carbocycles. The number of aliphatic carboxylic acids is 1. The van der Waals surface area contributed by atoms with Gasteiger partial charge in [-0.15, -0.1) is 0 Å². The second kappa shape index (κ2) is 6.59. The largest absolute Gasteiger partial charge is 0.480 e. The molecule has 5 nitrogen and oxygen atoms in total. The first-order valence-corrected chi connectivity index (χ1v) is 6.27. The summed E-state index contributed by atoms with van der Waals surface area (Å²) in [7, 11) is 0. The van der Waals surface area contributed by atoms with Crippen LogP contribution in [0.5, 0.6) is 0 Å². The van der Waals surface area contributed by atoms with Crippen molar-refractivity contribution in [2.24, 2.45) is 5.92 Å². The summed E-state index contributed by atoms with van der Waals surface area (Å²) in [4.78, 5) is 26.3. The summed E-state index contributed by atoms with van der Waals surface area (Å²) >= 11 is 0. The molecule has 0 radical (unpaired) electrons. The van der Waals surface area contributed by atoms with E-state index in [-0.39, 0.29) is 18.4 Å². The molecule has 5 heteroatoms. The quantitative estimate of drug-likeness (QED) is 0.769. The number of nitrogens with zero attached hydrogens (tertiary/aromatic N) is 2. The molecule has 0 aliphatic carbocycles. The van der Waals surface area contributed by atoms with E-state index in [1.807, 2.05) is 16.7 Å². The van der Waals surface area contributed by atoms with Crippen LogP contribution in [0.4, 0.5) is 0 Å². The smallest absolute Gasteiger partial charge is 0.317 e. The number of rotatable bonds is 5. The van der Waals surface area contributed by atoms with Crippen LogP contribution in [-0.2, 0) is 9.59 Å². The summed E-state index contributed by atoms with van der Waals surface area (Å²) in [5.74, 6) is -0.503. The van der Waals surface area contributed by atoms with Crippen molar-refractivity contribution in [3.8, 4) is 0 Å². The van der Waals surface area contributed by atoms with Gasteiger partial charge in [-0.25, -0.2) is 0 Å². The first-order valence-electron chi connectivity index (χ1n) is 6.27. The highest BCUT2D eigenvalue weighted by atomic mass is 16.4. The maximum atomic E-state index is 12.0. The fraction of sp³-hybridized carbons (Fsp3) is 0.833. The zero-order valence-electron chi connectivity index (χ0n) is 10.7. The van der Waals surface area contributed by atoms with Gasteiger partial charge in [0.05, 0.1) is 6.54 Å². The van der Waals surface area contributed by atoms with E-state index in [1.54, 1.807) is 0 Å². The number of piperazine rings is 1. The molecule has 0 aromatic heterocycles. The normalized spacial score (nSPS) is 19.1. The molecule has 0 aromatic rings. The summed E-state index contributed by atoms with van der Waals surface area (Å²) < 4.78 is 0. The third-order valence-corrected chi connectivity index (χ3v) is 3.19. The van der Waals surface area contributed by atoms with Gasteiger partial charge in [-0.1, -0.05) is 20.3 Å². The molecule has 1 rings (SSSR count). The van der Waals surface area contributed by atoms with E-state index in [4.69, 9.17) is 5.11 Å². The molecular weight excluding hydrogens is 220 g/mol. The van der Waals surface area contributed by atoms with Crippen molar-refractivity contribution in [3.05, 3.63) is 0 Å². The third-order valence-electron chi connectivity index (χ3n) is 3.19. The van der Waals surface area contributed by atoms with Crippen LogP contribution >= 0.6 is 0 Å². The van der Waals surface area contributed by atoms with Gasteiger partial charge < -0.3 is 10.0 Å². The number of carbonyl (C=O) groups excluding carboxylic acids is 1. The molecule has 1 N–H and O–H groups in total. The summed E-state index contributed by atoms with van der Waals surface area (Å²) in [5, 5.41) is 8.68. The predicted octanol–water partition coefficient (Wildman–Crippen LogP) is 0.651. The SMILES string of the molecule is CCCC(C)C(=O)N1CCN(CC(=O)O)CC1. The van der Waals surface area contributed by atoms with Crippen molar-refractivity contribution in [3.63, 3.8) is 0 Å². The Bertz CT molecular complexity index is 273. The summed E-state index contributed by atoms with van der Waals surface area (Å²) in [6.07, 6.45) is 1.94. The van der Waals surface area contributed by atoms with Crippen LogP contribution in [0.3, 0.4) is 0 Å². The molecule has 1 fully saturated rings. The van der Waals surface area contributed by atoms with Crippen molar-refractivity contribution >= 4 is 11.9 Å². The predicted molar refractivity (Wildman–Crippen MR) is 64.7 cm³/mol. The maximum Gasteiger partial charge on any atom is 0.317 e. The van der Waals surface area contributed by atoms with Crippen LogP contribution in [0.1, 0.15) is 26.7 Å². The lowest BCUT2D eigenvalue weighted by molar-refractivity contribution is -0.140. The number of amides is 1. The Balaban J connectivity index is 2.35. The fourth-order valence-corrected chi connectivity index (χ4v) is 2.19. The number of carbonyl (C=O) groups is 2. The van der Waals surface area contributed by atoms with E-state index < -0.39 is 5.97 Å². The standard InChI is InChI=1S/C12H22N2O3/c1-3-4-10(2)12(17)14-7-5-13(6-8-14)9-11(15)16/h10H,3-9H2,1-2H3,(H,15,16). The van der Waals surface area contributed by atoms with E-state index >= 15 is 0 Å². The molecule has 1 amide bonds. The minimum Gasteiger partial charge on any atom is -0.480 e. The molecule has 0 spiro atoms. The van der Waals surface area contributed by atoms with Crippen LogP contribution in [0.25, 0.3) is 0 Å².